The molecular formula is C19H23ClN4O4S. The van der Waals surface area contributed by atoms with Crippen molar-refractivity contribution in [3.05, 3.63) is 63.2 Å². The zero-order valence-electron chi connectivity index (χ0n) is 16.0. The minimum atomic E-state index is -3.75. The van der Waals surface area contributed by atoms with Crippen molar-refractivity contribution in [2.24, 2.45) is 0 Å². The zero-order chi connectivity index (χ0) is 21.0. The van der Waals surface area contributed by atoms with Gasteiger partial charge >= 0.3 is 0 Å². The van der Waals surface area contributed by atoms with E-state index in [1.165, 1.54) is 19.2 Å². The van der Waals surface area contributed by atoms with E-state index < -0.39 is 14.9 Å². The van der Waals surface area contributed by atoms with Gasteiger partial charge in [0.1, 0.15) is 5.69 Å². The first-order valence-electron chi connectivity index (χ1n) is 9.24. The number of hydrogen-bond acceptors (Lipinski definition) is 6. The van der Waals surface area contributed by atoms with Gasteiger partial charge in [0.25, 0.3) is 5.69 Å². The summed E-state index contributed by atoms with van der Waals surface area (Å²) in [6, 6.07) is 11.8. The Labute approximate surface area is 175 Å². The largest absolute Gasteiger partial charge is 0.365 e. The van der Waals surface area contributed by atoms with Gasteiger partial charge in [0.2, 0.25) is 10.0 Å². The van der Waals surface area contributed by atoms with Crippen molar-refractivity contribution in [1.82, 2.24) is 9.62 Å². The van der Waals surface area contributed by atoms with E-state index in [2.05, 4.69) is 9.62 Å². The maximum Gasteiger partial charge on any atom is 0.293 e. The summed E-state index contributed by atoms with van der Waals surface area (Å²) in [5.74, 6) is 0. The molecule has 1 aliphatic heterocycles. The van der Waals surface area contributed by atoms with Crippen molar-refractivity contribution in [2.45, 2.75) is 17.9 Å². The van der Waals surface area contributed by atoms with Gasteiger partial charge in [0.15, 0.2) is 0 Å². The number of benzene rings is 2. The van der Waals surface area contributed by atoms with Crippen molar-refractivity contribution in [3.8, 4) is 0 Å². The molecule has 0 atom stereocenters. The summed E-state index contributed by atoms with van der Waals surface area (Å²) in [4.78, 5) is 15.2. The third kappa shape index (κ3) is 5.24. The third-order valence-corrected chi connectivity index (χ3v) is 6.64. The zero-order valence-corrected chi connectivity index (χ0v) is 17.6. The SMILES string of the molecule is CNS(=O)(=O)c1ccc(N2CCCN(Cc3ccc(Cl)cc3)CC2)c([N+](=O)[O-])c1. The van der Waals surface area contributed by atoms with E-state index in [4.69, 9.17) is 11.6 Å². The smallest absolute Gasteiger partial charge is 0.293 e. The molecule has 29 heavy (non-hydrogen) atoms. The Morgan fingerprint density at radius 2 is 1.83 bits per heavy atom. The van der Waals surface area contributed by atoms with E-state index in [1.807, 2.05) is 29.2 Å². The fourth-order valence-corrected chi connectivity index (χ4v) is 4.30. The fraction of sp³-hybridized carbons (Fsp3) is 0.368. The highest BCUT2D eigenvalue weighted by Crippen LogP contribution is 2.31. The molecule has 1 heterocycles. The Hall–Kier alpha value is -2.20. The monoisotopic (exact) mass is 438 g/mol. The minimum Gasteiger partial charge on any atom is -0.365 e. The first kappa shape index (κ1) is 21.5. The number of anilines is 1. The average Bonchev–Trinajstić information content (AvgIpc) is 2.94. The van der Waals surface area contributed by atoms with E-state index >= 15 is 0 Å². The van der Waals surface area contributed by atoms with Gasteiger partial charge in [-0.25, -0.2) is 13.1 Å². The van der Waals surface area contributed by atoms with Crippen LogP contribution in [0.5, 0.6) is 0 Å². The van der Waals surface area contributed by atoms with Gasteiger partial charge in [-0.1, -0.05) is 23.7 Å². The Morgan fingerprint density at radius 3 is 2.48 bits per heavy atom. The van der Waals surface area contributed by atoms with Crippen molar-refractivity contribution in [3.63, 3.8) is 0 Å². The fourth-order valence-electron chi connectivity index (χ4n) is 3.42. The molecule has 10 heteroatoms. The molecule has 0 amide bonds. The average molecular weight is 439 g/mol. The molecule has 0 radical (unpaired) electrons. The lowest BCUT2D eigenvalue weighted by Gasteiger charge is -2.23. The highest BCUT2D eigenvalue weighted by Gasteiger charge is 2.25. The molecule has 0 aliphatic carbocycles. The van der Waals surface area contributed by atoms with Crippen LogP contribution in [0.2, 0.25) is 5.02 Å². The first-order chi connectivity index (χ1) is 13.8. The molecule has 1 N–H and O–H groups in total. The van der Waals surface area contributed by atoms with Crippen molar-refractivity contribution >= 4 is 33.0 Å². The van der Waals surface area contributed by atoms with Crippen LogP contribution in [0.4, 0.5) is 11.4 Å². The Balaban J connectivity index is 1.77. The molecule has 0 saturated carbocycles. The van der Waals surface area contributed by atoms with Crippen LogP contribution in [0.15, 0.2) is 47.4 Å². The molecule has 1 saturated heterocycles. The quantitative estimate of drug-likeness (QED) is 0.550. The molecular weight excluding hydrogens is 416 g/mol. The predicted octanol–water partition coefficient (Wildman–Crippen LogP) is 2.87. The molecule has 2 aromatic carbocycles. The molecule has 0 spiro atoms. The van der Waals surface area contributed by atoms with Crippen LogP contribution in [0.3, 0.4) is 0 Å². The Morgan fingerprint density at radius 1 is 1.10 bits per heavy atom. The number of nitrogens with one attached hydrogen (secondary N) is 1. The predicted molar refractivity (Wildman–Crippen MR) is 113 cm³/mol. The highest BCUT2D eigenvalue weighted by molar-refractivity contribution is 7.89. The molecule has 8 nitrogen and oxygen atoms in total. The Kier molecular flexibility index (Phi) is 6.74. The number of nitro groups is 1. The summed E-state index contributed by atoms with van der Waals surface area (Å²) in [6.07, 6.45) is 0.849. The Bertz CT molecular complexity index is 982. The number of nitro benzene ring substituents is 1. The summed E-state index contributed by atoms with van der Waals surface area (Å²) in [5, 5.41) is 12.3. The maximum atomic E-state index is 12.0. The van der Waals surface area contributed by atoms with Crippen molar-refractivity contribution in [2.75, 3.05) is 38.1 Å². The van der Waals surface area contributed by atoms with Crippen molar-refractivity contribution in [1.29, 1.82) is 0 Å². The first-order valence-corrected chi connectivity index (χ1v) is 11.1. The molecule has 1 aliphatic rings. The number of hydrogen-bond donors (Lipinski definition) is 1. The van der Waals surface area contributed by atoms with E-state index in [-0.39, 0.29) is 10.6 Å². The standard InChI is InChI=1S/C19H23ClN4O4S/c1-21-29(27,28)17-7-8-18(19(13-17)24(25)26)23-10-2-9-22(11-12-23)14-15-3-5-16(20)6-4-15/h3-8,13,21H,2,9-12,14H2,1H3. The van der Waals surface area contributed by atoms with Gasteiger partial charge in [0, 0.05) is 43.8 Å². The van der Waals surface area contributed by atoms with Crippen LogP contribution in [-0.2, 0) is 16.6 Å². The lowest BCUT2D eigenvalue weighted by atomic mass is 10.2. The van der Waals surface area contributed by atoms with Crippen molar-refractivity contribution < 1.29 is 13.3 Å². The molecule has 1 fully saturated rings. The van der Waals surface area contributed by atoms with Gasteiger partial charge in [-0.2, -0.15) is 0 Å². The second-order valence-electron chi connectivity index (χ2n) is 6.86. The maximum absolute atomic E-state index is 12.0. The van der Waals surface area contributed by atoms with Crippen LogP contribution in [0, 0.1) is 10.1 Å². The lowest BCUT2D eigenvalue weighted by molar-refractivity contribution is -0.384. The summed E-state index contributed by atoms with van der Waals surface area (Å²) >= 11 is 5.94. The van der Waals surface area contributed by atoms with Crippen LogP contribution in [0.25, 0.3) is 0 Å². The summed E-state index contributed by atoms with van der Waals surface area (Å²) in [6.45, 7) is 3.69. The van der Waals surface area contributed by atoms with Gasteiger partial charge in [-0.05, 0) is 43.3 Å². The molecule has 2 aromatic rings. The van der Waals surface area contributed by atoms with Crippen LogP contribution in [0.1, 0.15) is 12.0 Å². The lowest BCUT2D eigenvalue weighted by Crippen LogP contribution is -2.31. The van der Waals surface area contributed by atoms with Crippen LogP contribution < -0.4 is 9.62 Å². The summed E-state index contributed by atoms with van der Waals surface area (Å²) < 4.78 is 26.2. The van der Waals surface area contributed by atoms with Gasteiger partial charge in [-0.15, -0.1) is 0 Å². The number of halogens is 1. The van der Waals surface area contributed by atoms with E-state index in [0.29, 0.717) is 23.8 Å². The number of rotatable bonds is 6. The van der Waals surface area contributed by atoms with Crippen LogP contribution >= 0.6 is 11.6 Å². The molecule has 0 unspecified atom stereocenters. The van der Waals surface area contributed by atoms with Gasteiger partial charge < -0.3 is 4.90 Å². The topological polar surface area (TPSA) is 95.8 Å². The molecule has 0 aromatic heterocycles. The second kappa shape index (κ2) is 9.08. The summed E-state index contributed by atoms with van der Waals surface area (Å²) in [5.41, 5.74) is 1.40. The van der Waals surface area contributed by atoms with Crippen LogP contribution in [-0.4, -0.2) is 51.5 Å². The van der Waals surface area contributed by atoms with E-state index in [0.717, 1.165) is 37.7 Å². The second-order valence-corrected chi connectivity index (χ2v) is 9.18. The summed E-state index contributed by atoms with van der Waals surface area (Å²) in [7, 11) is -2.47. The van der Waals surface area contributed by atoms with Gasteiger partial charge in [-0.3, -0.25) is 15.0 Å². The van der Waals surface area contributed by atoms with Gasteiger partial charge in [0.05, 0.1) is 9.82 Å². The normalized spacial score (nSPS) is 15.9. The minimum absolute atomic E-state index is 0.116. The molecule has 156 valence electrons. The highest BCUT2D eigenvalue weighted by atomic mass is 35.5. The van der Waals surface area contributed by atoms with E-state index in [9.17, 15) is 18.5 Å². The third-order valence-electron chi connectivity index (χ3n) is 4.97. The number of nitrogens with zero attached hydrogens (tertiary/aromatic N) is 3. The van der Waals surface area contributed by atoms with E-state index in [1.54, 1.807) is 0 Å². The molecule has 0 bridgehead atoms. The number of sulfonamides is 1. The molecule has 3 rings (SSSR count).